The number of halogens is 1. The van der Waals surface area contributed by atoms with Crippen LogP contribution in [0.2, 0.25) is 0 Å². The molecule has 0 amide bonds. The molecule has 1 heterocycles. The molecule has 0 atom stereocenters. The lowest BCUT2D eigenvalue weighted by Gasteiger charge is -2.21. The number of methoxy groups -OCH3 is 1. The number of hydrogen-bond acceptors (Lipinski definition) is 3. The Morgan fingerprint density at radius 3 is 2.70 bits per heavy atom. The number of guanidine groups is 1. The van der Waals surface area contributed by atoms with Crippen LogP contribution in [0.15, 0.2) is 20.9 Å². The highest BCUT2D eigenvalue weighted by Gasteiger charge is 2.15. The summed E-state index contributed by atoms with van der Waals surface area (Å²) in [5.74, 6) is 0.841. The average Bonchev–Trinajstić information content (AvgIpc) is 2.82. The Labute approximate surface area is 134 Å². The Hall–Kier alpha value is -0.590. The molecule has 1 aromatic heterocycles. The van der Waals surface area contributed by atoms with Gasteiger partial charge < -0.3 is 15.4 Å². The van der Waals surface area contributed by atoms with E-state index in [9.17, 15) is 0 Å². The molecule has 0 radical (unpaired) electrons. The maximum absolute atomic E-state index is 5.38. The quantitative estimate of drug-likeness (QED) is 0.579. The van der Waals surface area contributed by atoms with Crippen LogP contribution in [-0.4, -0.2) is 38.3 Å². The van der Waals surface area contributed by atoms with E-state index in [-0.39, 0.29) is 5.60 Å². The third-order valence-electron chi connectivity index (χ3n) is 2.81. The summed E-state index contributed by atoms with van der Waals surface area (Å²) in [5, 5.41) is 6.60. The zero-order valence-corrected chi connectivity index (χ0v) is 15.0. The fourth-order valence-corrected chi connectivity index (χ4v) is 2.95. The van der Waals surface area contributed by atoms with E-state index < -0.39 is 0 Å². The number of nitrogens with one attached hydrogen (secondary N) is 2. The van der Waals surface area contributed by atoms with Crippen molar-refractivity contribution in [3.8, 4) is 0 Å². The molecule has 0 aliphatic carbocycles. The molecule has 0 aliphatic heterocycles. The summed E-state index contributed by atoms with van der Waals surface area (Å²) in [7, 11) is 1.71. The lowest BCUT2D eigenvalue weighted by Crippen LogP contribution is -2.40. The minimum absolute atomic E-state index is 0.235. The topological polar surface area (TPSA) is 45.7 Å². The van der Waals surface area contributed by atoms with E-state index in [0.29, 0.717) is 6.54 Å². The van der Waals surface area contributed by atoms with Gasteiger partial charge in [0.25, 0.3) is 0 Å². The second-order valence-electron chi connectivity index (χ2n) is 5.04. The van der Waals surface area contributed by atoms with Gasteiger partial charge in [-0.15, -0.1) is 11.3 Å². The van der Waals surface area contributed by atoms with Gasteiger partial charge >= 0.3 is 0 Å². The van der Waals surface area contributed by atoms with Crippen LogP contribution >= 0.6 is 27.3 Å². The standard InChI is InChI=1S/C14H24BrN3OS/c1-5-16-13(18-10-14(2,3)19-4)17-9-8-11-6-7-12(15)20-11/h6-7H,5,8-10H2,1-4H3,(H2,16,17,18). The fourth-order valence-electron chi connectivity index (χ4n) is 1.47. The second kappa shape index (κ2) is 8.64. The lowest BCUT2D eigenvalue weighted by atomic mass is 10.1. The van der Waals surface area contributed by atoms with Crippen molar-refractivity contribution in [3.05, 3.63) is 20.8 Å². The van der Waals surface area contributed by atoms with Crippen LogP contribution in [0.5, 0.6) is 0 Å². The van der Waals surface area contributed by atoms with Crippen LogP contribution in [0.3, 0.4) is 0 Å². The van der Waals surface area contributed by atoms with Gasteiger partial charge in [0.1, 0.15) is 0 Å². The van der Waals surface area contributed by atoms with Crippen LogP contribution in [0.25, 0.3) is 0 Å². The van der Waals surface area contributed by atoms with Gasteiger partial charge in [0.15, 0.2) is 5.96 Å². The number of hydrogen-bond donors (Lipinski definition) is 2. The molecule has 0 fully saturated rings. The molecule has 0 saturated heterocycles. The molecule has 0 unspecified atom stereocenters. The highest BCUT2D eigenvalue weighted by atomic mass is 79.9. The van der Waals surface area contributed by atoms with Gasteiger partial charge in [0, 0.05) is 25.1 Å². The van der Waals surface area contributed by atoms with Gasteiger partial charge in [0.2, 0.25) is 0 Å². The van der Waals surface area contributed by atoms with Gasteiger partial charge in [-0.1, -0.05) is 0 Å². The first-order valence-corrected chi connectivity index (χ1v) is 8.39. The molecule has 0 aromatic carbocycles. The summed E-state index contributed by atoms with van der Waals surface area (Å²) in [6.07, 6.45) is 0.994. The van der Waals surface area contributed by atoms with Gasteiger partial charge in [-0.25, -0.2) is 0 Å². The first-order chi connectivity index (χ1) is 9.46. The summed E-state index contributed by atoms with van der Waals surface area (Å²) in [5.41, 5.74) is -0.235. The van der Waals surface area contributed by atoms with Crippen molar-refractivity contribution < 1.29 is 4.74 Å². The van der Waals surface area contributed by atoms with Crippen molar-refractivity contribution in [2.45, 2.75) is 32.8 Å². The van der Waals surface area contributed by atoms with Crippen molar-refractivity contribution in [2.75, 3.05) is 26.7 Å². The Bertz CT molecular complexity index is 432. The van der Waals surface area contributed by atoms with E-state index >= 15 is 0 Å². The Kier molecular flexibility index (Phi) is 7.55. The molecule has 0 aliphatic rings. The van der Waals surface area contributed by atoms with Gasteiger partial charge in [-0.3, -0.25) is 4.99 Å². The lowest BCUT2D eigenvalue weighted by molar-refractivity contribution is 0.0310. The molecule has 20 heavy (non-hydrogen) atoms. The van der Waals surface area contributed by atoms with E-state index in [1.807, 2.05) is 13.8 Å². The molecule has 0 saturated carbocycles. The Morgan fingerprint density at radius 1 is 1.40 bits per heavy atom. The molecule has 1 rings (SSSR count). The SMILES string of the molecule is CCNC(=NCC(C)(C)OC)NCCc1ccc(Br)s1. The first-order valence-electron chi connectivity index (χ1n) is 6.78. The number of rotatable bonds is 7. The van der Waals surface area contributed by atoms with Crippen LogP contribution in [0.1, 0.15) is 25.6 Å². The number of thiophene rings is 1. The molecule has 0 spiro atoms. The predicted molar refractivity (Wildman–Crippen MR) is 90.8 cm³/mol. The smallest absolute Gasteiger partial charge is 0.191 e. The van der Waals surface area contributed by atoms with E-state index in [4.69, 9.17) is 4.74 Å². The maximum atomic E-state index is 5.38. The molecular formula is C14H24BrN3OS. The van der Waals surface area contributed by atoms with E-state index in [1.54, 1.807) is 18.4 Å². The van der Waals surface area contributed by atoms with Gasteiger partial charge in [-0.05, 0) is 55.3 Å². The highest BCUT2D eigenvalue weighted by molar-refractivity contribution is 9.11. The summed E-state index contributed by atoms with van der Waals surface area (Å²) in [6.45, 7) is 8.47. The second-order valence-corrected chi connectivity index (χ2v) is 7.59. The summed E-state index contributed by atoms with van der Waals surface area (Å²) < 4.78 is 6.55. The Balaban J connectivity index is 2.44. The highest BCUT2D eigenvalue weighted by Crippen LogP contribution is 2.21. The predicted octanol–water partition coefficient (Wildman–Crippen LogP) is 3.03. The zero-order chi connectivity index (χ0) is 15.0. The summed E-state index contributed by atoms with van der Waals surface area (Å²) >= 11 is 5.25. The van der Waals surface area contributed by atoms with Crippen molar-refractivity contribution in [2.24, 2.45) is 4.99 Å². The molecule has 0 bridgehead atoms. The molecule has 6 heteroatoms. The van der Waals surface area contributed by atoms with Crippen molar-refractivity contribution in [3.63, 3.8) is 0 Å². The zero-order valence-electron chi connectivity index (χ0n) is 12.6. The fraction of sp³-hybridized carbons (Fsp3) is 0.643. The van der Waals surface area contributed by atoms with Crippen LogP contribution in [0.4, 0.5) is 0 Å². The largest absolute Gasteiger partial charge is 0.377 e. The number of nitrogens with zero attached hydrogens (tertiary/aromatic N) is 1. The monoisotopic (exact) mass is 361 g/mol. The summed E-state index contributed by atoms with van der Waals surface area (Å²) in [4.78, 5) is 5.91. The van der Waals surface area contributed by atoms with Gasteiger partial charge in [-0.2, -0.15) is 0 Å². The molecule has 2 N–H and O–H groups in total. The minimum Gasteiger partial charge on any atom is -0.377 e. The van der Waals surface area contributed by atoms with Crippen molar-refractivity contribution in [1.29, 1.82) is 0 Å². The van der Waals surface area contributed by atoms with Crippen molar-refractivity contribution >= 4 is 33.2 Å². The van der Waals surface area contributed by atoms with Gasteiger partial charge in [0.05, 0.1) is 15.9 Å². The Morgan fingerprint density at radius 2 is 2.15 bits per heavy atom. The third kappa shape index (κ3) is 6.72. The molecule has 4 nitrogen and oxygen atoms in total. The van der Waals surface area contributed by atoms with E-state index in [2.05, 4.69) is 50.6 Å². The first kappa shape index (κ1) is 17.5. The normalized spacial score (nSPS) is 12.6. The van der Waals surface area contributed by atoms with E-state index in [0.717, 1.165) is 25.5 Å². The summed E-state index contributed by atoms with van der Waals surface area (Å²) in [6, 6.07) is 4.23. The van der Waals surface area contributed by atoms with Crippen LogP contribution < -0.4 is 10.6 Å². The van der Waals surface area contributed by atoms with E-state index in [1.165, 1.54) is 8.66 Å². The maximum Gasteiger partial charge on any atom is 0.191 e. The number of ether oxygens (including phenoxy) is 1. The van der Waals surface area contributed by atoms with Crippen LogP contribution in [0, 0.1) is 0 Å². The van der Waals surface area contributed by atoms with Crippen LogP contribution in [-0.2, 0) is 11.2 Å². The minimum atomic E-state index is -0.235. The molecular weight excluding hydrogens is 338 g/mol. The molecule has 1 aromatic rings. The molecule has 114 valence electrons. The number of aliphatic imine (C=N–C) groups is 1. The average molecular weight is 362 g/mol. The van der Waals surface area contributed by atoms with Crippen molar-refractivity contribution in [1.82, 2.24) is 10.6 Å². The third-order valence-corrected chi connectivity index (χ3v) is 4.49.